The lowest BCUT2D eigenvalue weighted by molar-refractivity contribution is 0.242. The lowest BCUT2D eigenvalue weighted by atomic mass is 10.0. The van der Waals surface area contributed by atoms with Crippen LogP contribution in [0.5, 0.6) is 0 Å². The first-order valence-corrected chi connectivity index (χ1v) is 9.25. The van der Waals surface area contributed by atoms with Gasteiger partial charge in [-0.05, 0) is 42.0 Å². The van der Waals surface area contributed by atoms with Gasteiger partial charge < -0.3 is 0 Å². The third-order valence-electron chi connectivity index (χ3n) is 4.78. The second kappa shape index (κ2) is 6.46. The first kappa shape index (κ1) is 15.5. The Morgan fingerprint density at radius 2 is 1.96 bits per heavy atom. The molecule has 0 N–H and O–H groups in total. The van der Waals surface area contributed by atoms with Gasteiger partial charge in [0, 0.05) is 37.8 Å². The smallest absolute Gasteiger partial charge is 0.169 e. The highest BCUT2D eigenvalue weighted by molar-refractivity contribution is 7.13. The van der Waals surface area contributed by atoms with Crippen molar-refractivity contribution in [3.05, 3.63) is 69.9 Å². The molecular formula is C20H21N3S. The van der Waals surface area contributed by atoms with Gasteiger partial charge in [0.1, 0.15) is 0 Å². The third kappa shape index (κ3) is 2.99. The van der Waals surface area contributed by atoms with Crippen molar-refractivity contribution < 1.29 is 0 Å². The van der Waals surface area contributed by atoms with E-state index in [-0.39, 0.29) is 0 Å². The van der Waals surface area contributed by atoms with Gasteiger partial charge in [-0.1, -0.05) is 24.3 Å². The van der Waals surface area contributed by atoms with Crippen LogP contribution in [0.1, 0.15) is 27.9 Å². The Morgan fingerprint density at radius 1 is 1.12 bits per heavy atom. The molecule has 1 aliphatic heterocycles. The summed E-state index contributed by atoms with van der Waals surface area (Å²) >= 11 is 1.70. The molecule has 0 aliphatic carbocycles. The van der Waals surface area contributed by atoms with E-state index in [1.807, 2.05) is 6.20 Å². The lowest BCUT2D eigenvalue weighted by Gasteiger charge is -2.29. The molecule has 0 amide bonds. The maximum Gasteiger partial charge on any atom is 0.169 e. The van der Waals surface area contributed by atoms with Crippen LogP contribution in [0.2, 0.25) is 0 Å². The van der Waals surface area contributed by atoms with Crippen molar-refractivity contribution in [1.29, 1.82) is 0 Å². The summed E-state index contributed by atoms with van der Waals surface area (Å²) in [5.41, 5.74) is 6.70. The number of aryl methyl sites for hydroxylation is 2. The summed E-state index contributed by atoms with van der Waals surface area (Å²) in [6, 6.07) is 10.7. The molecule has 3 nitrogen and oxygen atoms in total. The molecule has 0 bridgehead atoms. The molecule has 0 unspecified atom stereocenters. The average molecular weight is 335 g/mol. The summed E-state index contributed by atoms with van der Waals surface area (Å²) < 4.78 is 0. The third-order valence-corrected chi connectivity index (χ3v) is 5.65. The summed E-state index contributed by atoms with van der Waals surface area (Å²) in [6.45, 7) is 7.41. The predicted octanol–water partition coefficient (Wildman–Crippen LogP) is 4.38. The number of fused-ring (bicyclic) bond motifs is 1. The number of aromatic nitrogens is 2. The first-order valence-electron chi connectivity index (χ1n) is 8.37. The maximum atomic E-state index is 4.80. The van der Waals surface area contributed by atoms with Gasteiger partial charge in [-0.3, -0.25) is 4.90 Å². The predicted molar refractivity (Wildman–Crippen MR) is 99.1 cm³/mol. The molecule has 0 radical (unpaired) electrons. The molecule has 0 spiro atoms. The highest BCUT2D eigenvalue weighted by Gasteiger charge is 2.20. The van der Waals surface area contributed by atoms with E-state index < -0.39 is 0 Å². The molecular weight excluding hydrogens is 314 g/mol. The van der Waals surface area contributed by atoms with E-state index >= 15 is 0 Å². The van der Waals surface area contributed by atoms with Crippen LogP contribution >= 0.6 is 11.3 Å². The van der Waals surface area contributed by atoms with E-state index in [1.54, 1.807) is 11.3 Å². The van der Waals surface area contributed by atoms with E-state index in [0.29, 0.717) is 0 Å². The second-order valence-electron chi connectivity index (χ2n) is 6.47. The zero-order valence-electron chi connectivity index (χ0n) is 14.1. The molecule has 2 aromatic heterocycles. The van der Waals surface area contributed by atoms with E-state index in [4.69, 9.17) is 4.98 Å². The van der Waals surface area contributed by atoms with E-state index in [2.05, 4.69) is 59.4 Å². The SMILES string of the molecule is Cc1cccc(C)c1CN1CCc2nc(-c3cccs3)ncc2C1. The Kier molecular flexibility index (Phi) is 4.17. The topological polar surface area (TPSA) is 29.0 Å². The van der Waals surface area contributed by atoms with Gasteiger partial charge in [0.15, 0.2) is 5.82 Å². The molecule has 0 saturated heterocycles. The van der Waals surface area contributed by atoms with Gasteiger partial charge >= 0.3 is 0 Å². The van der Waals surface area contributed by atoms with Crippen LogP contribution in [0, 0.1) is 13.8 Å². The Bertz CT molecular complexity index is 835. The molecule has 122 valence electrons. The monoisotopic (exact) mass is 335 g/mol. The molecule has 4 rings (SSSR count). The number of hydrogen-bond acceptors (Lipinski definition) is 4. The first-order chi connectivity index (χ1) is 11.7. The quantitative estimate of drug-likeness (QED) is 0.711. The van der Waals surface area contributed by atoms with Crippen molar-refractivity contribution in [2.45, 2.75) is 33.4 Å². The van der Waals surface area contributed by atoms with Gasteiger partial charge in [-0.15, -0.1) is 11.3 Å². The highest BCUT2D eigenvalue weighted by Crippen LogP contribution is 2.25. The van der Waals surface area contributed by atoms with Crippen molar-refractivity contribution in [2.75, 3.05) is 6.54 Å². The Labute approximate surface area is 147 Å². The second-order valence-corrected chi connectivity index (χ2v) is 7.42. The minimum atomic E-state index is 0.868. The summed E-state index contributed by atoms with van der Waals surface area (Å²) in [7, 11) is 0. The van der Waals surface area contributed by atoms with Crippen LogP contribution in [0.4, 0.5) is 0 Å². The van der Waals surface area contributed by atoms with Crippen LogP contribution in [-0.2, 0) is 19.5 Å². The van der Waals surface area contributed by atoms with Gasteiger partial charge in [0.2, 0.25) is 0 Å². The minimum Gasteiger partial charge on any atom is -0.294 e. The molecule has 3 aromatic rings. The zero-order valence-corrected chi connectivity index (χ0v) is 14.9. The van der Waals surface area contributed by atoms with Crippen LogP contribution < -0.4 is 0 Å². The van der Waals surface area contributed by atoms with Crippen molar-refractivity contribution >= 4 is 11.3 Å². The van der Waals surface area contributed by atoms with E-state index in [1.165, 1.54) is 27.9 Å². The molecule has 0 atom stereocenters. The Morgan fingerprint density at radius 3 is 2.71 bits per heavy atom. The maximum absolute atomic E-state index is 4.80. The fraction of sp³-hybridized carbons (Fsp3) is 0.300. The van der Waals surface area contributed by atoms with Gasteiger partial charge in [-0.25, -0.2) is 9.97 Å². The molecule has 1 aromatic carbocycles. The van der Waals surface area contributed by atoms with Crippen molar-refractivity contribution in [1.82, 2.24) is 14.9 Å². The van der Waals surface area contributed by atoms with Crippen LogP contribution in [0.3, 0.4) is 0 Å². The molecule has 24 heavy (non-hydrogen) atoms. The summed E-state index contributed by atoms with van der Waals surface area (Å²) in [5, 5.41) is 2.07. The van der Waals surface area contributed by atoms with Crippen LogP contribution in [-0.4, -0.2) is 21.4 Å². The fourth-order valence-corrected chi connectivity index (χ4v) is 4.02. The number of benzene rings is 1. The fourth-order valence-electron chi connectivity index (χ4n) is 3.36. The lowest BCUT2D eigenvalue weighted by Crippen LogP contribution is -2.31. The summed E-state index contributed by atoms with van der Waals surface area (Å²) in [5.74, 6) is 0.868. The average Bonchev–Trinajstić information content (AvgIpc) is 3.12. The van der Waals surface area contributed by atoms with Crippen LogP contribution in [0.15, 0.2) is 41.9 Å². The van der Waals surface area contributed by atoms with Crippen molar-refractivity contribution in [3.63, 3.8) is 0 Å². The van der Waals surface area contributed by atoms with Gasteiger partial charge in [-0.2, -0.15) is 0 Å². The molecule has 0 saturated carbocycles. The van der Waals surface area contributed by atoms with E-state index in [0.717, 1.165) is 36.8 Å². The molecule has 4 heteroatoms. The number of nitrogens with zero attached hydrogens (tertiary/aromatic N) is 3. The van der Waals surface area contributed by atoms with Crippen molar-refractivity contribution in [3.8, 4) is 10.7 Å². The standard InChI is InChI=1S/C20H21N3S/c1-14-5-3-6-15(2)17(14)13-23-9-8-18-16(12-23)11-21-20(22-18)19-7-4-10-24-19/h3-7,10-11H,8-9,12-13H2,1-2H3. The Balaban J connectivity index is 1.54. The molecule has 3 heterocycles. The Hall–Kier alpha value is -2.04. The number of thiophene rings is 1. The summed E-state index contributed by atoms with van der Waals surface area (Å²) in [6.07, 6.45) is 3.02. The van der Waals surface area contributed by atoms with E-state index in [9.17, 15) is 0 Å². The van der Waals surface area contributed by atoms with Gasteiger partial charge in [0.05, 0.1) is 10.6 Å². The summed E-state index contributed by atoms with van der Waals surface area (Å²) in [4.78, 5) is 13.0. The largest absolute Gasteiger partial charge is 0.294 e. The molecule has 1 aliphatic rings. The normalized spacial score (nSPS) is 14.6. The minimum absolute atomic E-state index is 0.868. The zero-order chi connectivity index (χ0) is 16.5. The highest BCUT2D eigenvalue weighted by atomic mass is 32.1. The van der Waals surface area contributed by atoms with Crippen molar-refractivity contribution in [2.24, 2.45) is 0 Å². The number of hydrogen-bond donors (Lipinski definition) is 0. The van der Waals surface area contributed by atoms with Crippen LogP contribution in [0.25, 0.3) is 10.7 Å². The van der Waals surface area contributed by atoms with Gasteiger partial charge in [0.25, 0.3) is 0 Å². The number of rotatable bonds is 3. The molecule has 0 fully saturated rings.